The van der Waals surface area contributed by atoms with Gasteiger partial charge in [-0.25, -0.2) is 0 Å². The van der Waals surface area contributed by atoms with Crippen molar-refractivity contribution in [2.75, 3.05) is 59.3 Å². The van der Waals surface area contributed by atoms with Crippen molar-refractivity contribution < 1.29 is 23.7 Å². The molecule has 2 aromatic carbocycles. The van der Waals surface area contributed by atoms with E-state index in [1.165, 1.54) is 5.56 Å². The summed E-state index contributed by atoms with van der Waals surface area (Å²) in [7, 11) is 0. The molecule has 2 saturated heterocycles. The first-order chi connectivity index (χ1) is 16.7. The molecule has 0 unspecified atom stereocenters. The molecule has 2 aromatic rings. The predicted octanol–water partition coefficient (Wildman–Crippen LogP) is 2.67. The second kappa shape index (κ2) is 9.35. The second-order valence-electron chi connectivity index (χ2n) is 9.39. The number of carbonyl (C=O) groups is 1. The SMILES string of the molecule is O=C(CN1CCN(Cc2ccc3c(c2)OCO3)CC1)N1CCC[C@H]1c1ccc2c(c1)OCCO2. The molecule has 0 N–H and O–H groups in total. The van der Waals surface area contributed by atoms with E-state index in [-0.39, 0.29) is 11.9 Å². The van der Waals surface area contributed by atoms with Crippen LogP contribution in [0.4, 0.5) is 0 Å². The summed E-state index contributed by atoms with van der Waals surface area (Å²) in [4.78, 5) is 20.0. The lowest BCUT2D eigenvalue weighted by Crippen LogP contribution is -2.49. The first-order valence-electron chi connectivity index (χ1n) is 12.3. The Morgan fingerprint density at radius 1 is 0.794 bits per heavy atom. The van der Waals surface area contributed by atoms with Crippen LogP contribution in [0.15, 0.2) is 36.4 Å². The molecule has 180 valence electrons. The first kappa shape index (κ1) is 21.6. The molecule has 6 rings (SSSR count). The molecular formula is C26H31N3O5. The Morgan fingerprint density at radius 3 is 2.38 bits per heavy atom. The van der Waals surface area contributed by atoms with Crippen LogP contribution in [-0.2, 0) is 11.3 Å². The van der Waals surface area contributed by atoms with E-state index in [2.05, 4.69) is 39.0 Å². The molecule has 34 heavy (non-hydrogen) atoms. The van der Waals surface area contributed by atoms with Crippen molar-refractivity contribution in [2.24, 2.45) is 0 Å². The maximum absolute atomic E-state index is 13.3. The zero-order valence-electron chi connectivity index (χ0n) is 19.4. The van der Waals surface area contributed by atoms with E-state index < -0.39 is 0 Å². The van der Waals surface area contributed by atoms with Crippen molar-refractivity contribution in [1.29, 1.82) is 0 Å². The van der Waals surface area contributed by atoms with Crippen LogP contribution >= 0.6 is 0 Å². The van der Waals surface area contributed by atoms with Gasteiger partial charge in [-0.2, -0.15) is 0 Å². The number of piperazine rings is 1. The molecule has 4 aliphatic heterocycles. The molecule has 1 atom stereocenters. The van der Waals surface area contributed by atoms with Gasteiger partial charge in [0.25, 0.3) is 0 Å². The van der Waals surface area contributed by atoms with Gasteiger partial charge < -0.3 is 23.8 Å². The zero-order valence-corrected chi connectivity index (χ0v) is 19.4. The van der Waals surface area contributed by atoms with Crippen molar-refractivity contribution in [3.63, 3.8) is 0 Å². The summed E-state index contributed by atoms with van der Waals surface area (Å²) in [5, 5.41) is 0. The van der Waals surface area contributed by atoms with Gasteiger partial charge in [-0.1, -0.05) is 12.1 Å². The van der Waals surface area contributed by atoms with Crippen molar-refractivity contribution in [3.05, 3.63) is 47.5 Å². The predicted molar refractivity (Wildman–Crippen MR) is 125 cm³/mol. The third kappa shape index (κ3) is 4.40. The van der Waals surface area contributed by atoms with E-state index in [9.17, 15) is 4.79 Å². The number of hydrogen-bond acceptors (Lipinski definition) is 7. The maximum Gasteiger partial charge on any atom is 0.237 e. The maximum atomic E-state index is 13.3. The number of amides is 1. The number of carbonyl (C=O) groups excluding carboxylic acids is 1. The van der Waals surface area contributed by atoms with Crippen LogP contribution < -0.4 is 18.9 Å². The van der Waals surface area contributed by atoms with Crippen LogP contribution in [-0.4, -0.2) is 79.9 Å². The van der Waals surface area contributed by atoms with E-state index >= 15 is 0 Å². The minimum Gasteiger partial charge on any atom is -0.486 e. The van der Waals surface area contributed by atoms with Gasteiger partial charge in [0.1, 0.15) is 13.2 Å². The molecular weight excluding hydrogens is 434 g/mol. The van der Waals surface area contributed by atoms with E-state index in [1.54, 1.807) is 0 Å². The molecule has 0 saturated carbocycles. The Balaban J connectivity index is 1.03. The third-order valence-corrected chi connectivity index (χ3v) is 7.19. The fraction of sp³-hybridized carbons (Fsp3) is 0.500. The Bertz CT molecular complexity index is 1050. The van der Waals surface area contributed by atoms with Crippen LogP contribution in [0.25, 0.3) is 0 Å². The highest BCUT2D eigenvalue weighted by Crippen LogP contribution is 2.38. The molecule has 4 heterocycles. The molecule has 0 aliphatic carbocycles. The highest BCUT2D eigenvalue weighted by atomic mass is 16.7. The summed E-state index contributed by atoms with van der Waals surface area (Å²) in [6.07, 6.45) is 2.03. The van der Waals surface area contributed by atoms with Gasteiger partial charge in [0.15, 0.2) is 23.0 Å². The molecule has 0 spiro atoms. The third-order valence-electron chi connectivity index (χ3n) is 7.19. The smallest absolute Gasteiger partial charge is 0.237 e. The van der Waals surface area contributed by atoms with E-state index in [1.807, 2.05) is 12.1 Å². The molecule has 8 nitrogen and oxygen atoms in total. The lowest BCUT2D eigenvalue weighted by Gasteiger charge is -2.36. The Labute approximate surface area is 199 Å². The van der Waals surface area contributed by atoms with Crippen LogP contribution in [0.5, 0.6) is 23.0 Å². The van der Waals surface area contributed by atoms with E-state index in [4.69, 9.17) is 18.9 Å². The fourth-order valence-electron chi connectivity index (χ4n) is 5.36. The Hall–Kier alpha value is -2.97. The monoisotopic (exact) mass is 465 g/mol. The number of nitrogens with zero attached hydrogens (tertiary/aromatic N) is 3. The van der Waals surface area contributed by atoms with Gasteiger partial charge >= 0.3 is 0 Å². The summed E-state index contributed by atoms with van der Waals surface area (Å²) in [5.41, 5.74) is 2.37. The molecule has 0 bridgehead atoms. The zero-order chi connectivity index (χ0) is 22.9. The minimum absolute atomic E-state index is 0.121. The van der Waals surface area contributed by atoms with Crippen LogP contribution in [0, 0.1) is 0 Å². The van der Waals surface area contributed by atoms with Crippen LogP contribution in [0.2, 0.25) is 0 Å². The van der Waals surface area contributed by atoms with Gasteiger partial charge in [0.2, 0.25) is 12.7 Å². The van der Waals surface area contributed by atoms with Crippen molar-refractivity contribution >= 4 is 5.91 Å². The fourth-order valence-corrected chi connectivity index (χ4v) is 5.36. The van der Waals surface area contributed by atoms with E-state index in [0.29, 0.717) is 26.6 Å². The average Bonchev–Trinajstić information content (AvgIpc) is 3.54. The standard InChI is InChI=1S/C26H31N3O5/c30-26(29-7-1-2-21(29)20-4-6-22-25(15-20)32-13-12-31-22)17-28-10-8-27(9-11-28)16-19-3-5-23-24(14-19)34-18-33-23/h3-6,14-15,21H,1-2,7-13,16-18H2/t21-/m0/s1. The summed E-state index contributed by atoms with van der Waals surface area (Å²) in [5.74, 6) is 3.47. The number of likely N-dealkylation sites (tertiary alicyclic amines) is 1. The molecule has 2 fully saturated rings. The minimum atomic E-state index is 0.121. The quantitative estimate of drug-likeness (QED) is 0.673. The lowest BCUT2D eigenvalue weighted by molar-refractivity contribution is -0.133. The lowest BCUT2D eigenvalue weighted by atomic mass is 10.0. The van der Waals surface area contributed by atoms with Crippen LogP contribution in [0.1, 0.15) is 30.0 Å². The molecule has 1 amide bonds. The Morgan fingerprint density at radius 2 is 1.50 bits per heavy atom. The van der Waals surface area contributed by atoms with Crippen molar-refractivity contribution in [1.82, 2.24) is 14.7 Å². The average molecular weight is 466 g/mol. The van der Waals surface area contributed by atoms with Gasteiger partial charge in [-0.05, 0) is 48.2 Å². The molecule has 0 radical (unpaired) electrons. The largest absolute Gasteiger partial charge is 0.486 e. The highest BCUT2D eigenvalue weighted by molar-refractivity contribution is 5.79. The number of fused-ring (bicyclic) bond motifs is 2. The van der Waals surface area contributed by atoms with Gasteiger partial charge in [-0.15, -0.1) is 0 Å². The number of rotatable bonds is 5. The normalized spacial score (nSPS) is 22.2. The van der Waals surface area contributed by atoms with Crippen molar-refractivity contribution in [2.45, 2.75) is 25.4 Å². The number of hydrogen-bond donors (Lipinski definition) is 0. The summed E-state index contributed by atoms with van der Waals surface area (Å²) < 4.78 is 22.3. The number of ether oxygens (including phenoxy) is 4. The summed E-state index contributed by atoms with van der Waals surface area (Å²) >= 11 is 0. The topological polar surface area (TPSA) is 63.7 Å². The number of benzene rings is 2. The second-order valence-corrected chi connectivity index (χ2v) is 9.39. The van der Waals surface area contributed by atoms with Crippen LogP contribution in [0.3, 0.4) is 0 Å². The van der Waals surface area contributed by atoms with Gasteiger partial charge in [0.05, 0.1) is 12.6 Å². The Kier molecular flexibility index (Phi) is 5.93. The van der Waals surface area contributed by atoms with Crippen molar-refractivity contribution in [3.8, 4) is 23.0 Å². The molecule has 8 heteroatoms. The first-order valence-corrected chi connectivity index (χ1v) is 12.3. The summed E-state index contributed by atoms with van der Waals surface area (Å²) in [6, 6.07) is 12.4. The highest BCUT2D eigenvalue weighted by Gasteiger charge is 2.32. The summed E-state index contributed by atoms with van der Waals surface area (Å²) in [6.45, 7) is 7.36. The van der Waals surface area contributed by atoms with Gasteiger partial charge in [-0.3, -0.25) is 14.6 Å². The molecule has 4 aliphatic rings. The van der Waals surface area contributed by atoms with E-state index in [0.717, 1.165) is 80.7 Å². The molecule has 0 aromatic heterocycles. The van der Waals surface area contributed by atoms with Gasteiger partial charge in [0, 0.05) is 39.3 Å².